The van der Waals surface area contributed by atoms with Gasteiger partial charge in [-0.2, -0.15) is 0 Å². The summed E-state index contributed by atoms with van der Waals surface area (Å²) in [5.74, 6) is 0.497. The molecule has 1 atom stereocenters. The summed E-state index contributed by atoms with van der Waals surface area (Å²) in [5.41, 5.74) is 0.863. The predicted octanol–water partition coefficient (Wildman–Crippen LogP) is 2.32. The summed E-state index contributed by atoms with van der Waals surface area (Å²) in [5, 5.41) is 3.20. The summed E-state index contributed by atoms with van der Waals surface area (Å²) >= 11 is 0. The number of hydrogen-bond donors (Lipinski definition) is 1. The van der Waals surface area contributed by atoms with Crippen LogP contribution in [0.2, 0.25) is 0 Å². The minimum atomic E-state index is -0.465. The number of esters is 1. The SMILES string of the molecule is CCOCCCNC(C(=O)OC)c1ccc(OCC)cc1. The first-order valence-electron chi connectivity index (χ1n) is 7.34. The molecule has 0 saturated heterocycles. The molecule has 1 N–H and O–H groups in total. The molecule has 0 aliphatic carbocycles. The van der Waals surface area contributed by atoms with Crippen molar-refractivity contribution in [3.63, 3.8) is 0 Å². The second-order valence-electron chi connectivity index (χ2n) is 4.46. The smallest absolute Gasteiger partial charge is 0.327 e. The number of carbonyl (C=O) groups is 1. The van der Waals surface area contributed by atoms with E-state index in [2.05, 4.69) is 5.32 Å². The van der Waals surface area contributed by atoms with Gasteiger partial charge in [0.25, 0.3) is 0 Å². The number of nitrogens with one attached hydrogen (secondary N) is 1. The fraction of sp³-hybridized carbons (Fsp3) is 0.562. The molecule has 0 amide bonds. The van der Waals surface area contributed by atoms with E-state index >= 15 is 0 Å². The number of carbonyl (C=O) groups excluding carboxylic acids is 1. The fourth-order valence-corrected chi connectivity index (χ4v) is 1.94. The molecule has 0 aliphatic rings. The molecule has 0 saturated carbocycles. The van der Waals surface area contributed by atoms with Crippen molar-refractivity contribution >= 4 is 5.97 Å². The number of methoxy groups -OCH3 is 1. The number of hydrogen-bond acceptors (Lipinski definition) is 5. The Kier molecular flexibility index (Phi) is 8.47. The summed E-state index contributed by atoms with van der Waals surface area (Å²) in [6.45, 7) is 6.60. The summed E-state index contributed by atoms with van der Waals surface area (Å²) in [7, 11) is 1.39. The van der Waals surface area contributed by atoms with Gasteiger partial charge in [0.15, 0.2) is 0 Å². The standard InChI is InChI=1S/C16H25NO4/c1-4-20-12-6-11-17-15(16(18)19-3)13-7-9-14(10-8-13)21-5-2/h7-10,15,17H,4-6,11-12H2,1-3H3. The Morgan fingerprint density at radius 1 is 1.19 bits per heavy atom. The summed E-state index contributed by atoms with van der Waals surface area (Å²) < 4.78 is 15.5. The van der Waals surface area contributed by atoms with Gasteiger partial charge in [0.2, 0.25) is 0 Å². The normalized spacial score (nSPS) is 12.0. The number of ether oxygens (including phenoxy) is 3. The van der Waals surface area contributed by atoms with E-state index in [0.717, 1.165) is 17.7 Å². The van der Waals surface area contributed by atoms with Crippen molar-refractivity contribution in [2.24, 2.45) is 0 Å². The first-order chi connectivity index (χ1) is 10.2. The zero-order chi connectivity index (χ0) is 15.5. The van der Waals surface area contributed by atoms with E-state index < -0.39 is 6.04 Å². The molecule has 1 unspecified atom stereocenters. The molecule has 0 spiro atoms. The third-order valence-electron chi connectivity index (χ3n) is 2.98. The van der Waals surface area contributed by atoms with Gasteiger partial charge in [-0.25, -0.2) is 4.79 Å². The molecular formula is C16H25NO4. The highest BCUT2D eigenvalue weighted by atomic mass is 16.5. The molecule has 0 bridgehead atoms. The minimum Gasteiger partial charge on any atom is -0.494 e. The van der Waals surface area contributed by atoms with Crippen LogP contribution >= 0.6 is 0 Å². The Bertz CT molecular complexity index is 405. The Morgan fingerprint density at radius 2 is 1.90 bits per heavy atom. The van der Waals surface area contributed by atoms with Gasteiger partial charge in [-0.15, -0.1) is 0 Å². The number of rotatable bonds is 10. The molecular weight excluding hydrogens is 270 g/mol. The lowest BCUT2D eigenvalue weighted by Crippen LogP contribution is -2.30. The third kappa shape index (κ3) is 6.14. The maximum absolute atomic E-state index is 11.9. The fourth-order valence-electron chi connectivity index (χ4n) is 1.94. The Morgan fingerprint density at radius 3 is 2.48 bits per heavy atom. The summed E-state index contributed by atoms with van der Waals surface area (Å²) in [4.78, 5) is 11.9. The van der Waals surface area contributed by atoms with Gasteiger partial charge in [0.1, 0.15) is 11.8 Å². The maximum Gasteiger partial charge on any atom is 0.327 e. The lowest BCUT2D eigenvalue weighted by molar-refractivity contribution is -0.143. The van der Waals surface area contributed by atoms with Crippen molar-refractivity contribution in [3.8, 4) is 5.75 Å². The Balaban J connectivity index is 2.61. The second kappa shape index (κ2) is 10.2. The molecule has 0 aromatic heterocycles. The molecule has 1 aromatic rings. The Hall–Kier alpha value is -1.59. The van der Waals surface area contributed by atoms with E-state index in [0.29, 0.717) is 26.4 Å². The summed E-state index contributed by atoms with van der Waals surface area (Å²) in [6, 6.07) is 7.00. The van der Waals surface area contributed by atoms with Crippen LogP contribution in [0.15, 0.2) is 24.3 Å². The molecule has 0 heterocycles. The van der Waals surface area contributed by atoms with Gasteiger partial charge in [-0.1, -0.05) is 12.1 Å². The van der Waals surface area contributed by atoms with Crippen molar-refractivity contribution in [3.05, 3.63) is 29.8 Å². The van der Waals surface area contributed by atoms with Gasteiger partial charge in [0.05, 0.1) is 13.7 Å². The van der Waals surface area contributed by atoms with Crippen LogP contribution in [-0.2, 0) is 14.3 Å². The predicted molar refractivity (Wildman–Crippen MR) is 81.5 cm³/mol. The van der Waals surface area contributed by atoms with E-state index in [1.54, 1.807) is 0 Å². The molecule has 1 aromatic carbocycles. The highest BCUT2D eigenvalue weighted by molar-refractivity contribution is 5.77. The highest BCUT2D eigenvalue weighted by Gasteiger charge is 2.20. The van der Waals surface area contributed by atoms with Crippen LogP contribution in [0.5, 0.6) is 5.75 Å². The highest BCUT2D eigenvalue weighted by Crippen LogP contribution is 2.19. The van der Waals surface area contributed by atoms with Crippen LogP contribution in [0.25, 0.3) is 0 Å². The number of benzene rings is 1. The van der Waals surface area contributed by atoms with Crippen molar-refractivity contribution in [2.75, 3.05) is 33.5 Å². The van der Waals surface area contributed by atoms with Crippen LogP contribution in [-0.4, -0.2) is 39.4 Å². The van der Waals surface area contributed by atoms with Crippen LogP contribution in [0.3, 0.4) is 0 Å². The van der Waals surface area contributed by atoms with E-state index in [1.807, 2.05) is 38.1 Å². The van der Waals surface area contributed by atoms with E-state index in [9.17, 15) is 4.79 Å². The maximum atomic E-state index is 11.9. The molecule has 5 heteroatoms. The van der Waals surface area contributed by atoms with E-state index in [1.165, 1.54) is 7.11 Å². The van der Waals surface area contributed by atoms with E-state index in [4.69, 9.17) is 14.2 Å². The first kappa shape index (κ1) is 17.5. The van der Waals surface area contributed by atoms with Crippen LogP contribution in [0.4, 0.5) is 0 Å². The van der Waals surface area contributed by atoms with Crippen molar-refractivity contribution in [1.29, 1.82) is 0 Å². The van der Waals surface area contributed by atoms with Crippen molar-refractivity contribution < 1.29 is 19.0 Å². The first-order valence-corrected chi connectivity index (χ1v) is 7.34. The average Bonchev–Trinajstić information content (AvgIpc) is 2.51. The van der Waals surface area contributed by atoms with Crippen molar-refractivity contribution in [2.45, 2.75) is 26.3 Å². The zero-order valence-corrected chi connectivity index (χ0v) is 13.1. The third-order valence-corrected chi connectivity index (χ3v) is 2.98. The lowest BCUT2D eigenvalue weighted by atomic mass is 10.1. The van der Waals surface area contributed by atoms with Gasteiger partial charge in [0, 0.05) is 13.2 Å². The van der Waals surface area contributed by atoms with E-state index in [-0.39, 0.29) is 5.97 Å². The molecule has 21 heavy (non-hydrogen) atoms. The van der Waals surface area contributed by atoms with Gasteiger partial charge < -0.3 is 19.5 Å². The molecule has 118 valence electrons. The topological polar surface area (TPSA) is 56.8 Å². The lowest BCUT2D eigenvalue weighted by Gasteiger charge is -2.17. The van der Waals surface area contributed by atoms with Crippen molar-refractivity contribution in [1.82, 2.24) is 5.32 Å². The minimum absolute atomic E-state index is 0.296. The molecule has 0 fully saturated rings. The molecule has 1 rings (SSSR count). The van der Waals surface area contributed by atoms with Crippen LogP contribution < -0.4 is 10.1 Å². The average molecular weight is 295 g/mol. The molecule has 5 nitrogen and oxygen atoms in total. The van der Waals surface area contributed by atoms with Gasteiger partial charge in [-0.3, -0.25) is 0 Å². The van der Waals surface area contributed by atoms with Gasteiger partial charge in [-0.05, 0) is 44.5 Å². The second-order valence-corrected chi connectivity index (χ2v) is 4.46. The molecule has 0 radical (unpaired) electrons. The zero-order valence-electron chi connectivity index (χ0n) is 13.1. The monoisotopic (exact) mass is 295 g/mol. The quantitative estimate of drug-likeness (QED) is 0.530. The Labute approximate surface area is 126 Å². The summed E-state index contributed by atoms with van der Waals surface area (Å²) in [6.07, 6.45) is 0.846. The largest absolute Gasteiger partial charge is 0.494 e. The van der Waals surface area contributed by atoms with Crippen LogP contribution in [0.1, 0.15) is 31.9 Å². The van der Waals surface area contributed by atoms with Gasteiger partial charge >= 0.3 is 5.97 Å². The van der Waals surface area contributed by atoms with Crippen LogP contribution in [0, 0.1) is 0 Å². The molecule has 0 aliphatic heterocycles.